The summed E-state index contributed by atoms with van der Waals surface area (Å²) in [6.45, 7) is 6.04. The minimum absolute atomic E-state index is 0.00664. The summed E-state index contributed by atoms with van der Waals surface area (Å²) >= 11 is 0. The first-order valence-corrected chi connectivity index (χ1v) is 11.3. The van der Waals surface area contributed by atoms with Gasteiger partial charge < -0.3 is 42.1 Å². The third-order valence-electron chi connectivity index (χ3n) is 5.67. The molecule has 0 bridgehead atoms. The Kier molecular flexibility index (Phi) is 11.6. The molecule has 1 aromatic rings. The summed E-state index contributed by atoms with van der Waals surface area (Å²) in [7, 11) is 0. The number of nitrogens with one attached hydrogen (secondary N) is 3. The highest BCUT2D eigenvalue weighted by Gasteiger charge is 2.34. The molecule has 0 spiro atoms. The largest absolute Gasteiger partial charge is 0.508 e. The molecule has 1 aromatic carbocycles. The van der Waals surface area contributed by atoms with Crippen molar-refractivity contribution in [2.75, 3.05) is 0 Å². The fourth-order valence-corrected chi connectivity index (χ4v) is 3.15. The molecule has 0 aromatic heterocycles. The Morgan fingerprint density at radius 2 is 1.40 bits per heavy atom. The summed E-state index contributed by atoms with van der Waals surface area (Å²) in [6.07, 6.45) is -2.15. The van der Waals surface area contributed by atoms with Crippen LogP contribution in [0.2, 0.25) is 0 Å². The van der Waals surface area contributed by atoms with Crippen LogP contribution < -0.4 is 21.7 Å². The number of aliphatic hydroxyl groups is 2. The van der Waals surface area contributed by atoms with Crippen LogP contribution in [0.5, 0.6) is 5.75 Å². The number of nitrogens with two attached hydrogens (primary N) is 1. The van der Waals surface area contributed by atoms with E-state index >= 15 is 0 Å². The van der Waals surface area contributed by atoms with Crippen LogP contribution in [-0.2, 0) is 25.6 Å². The number of hydrogen-bond acceptors (Lipinski definition) is 8. The quantitative estimate of drug-likeness (QED) is 0.161. The molecule has 0 aliphatic carbocycles. The number of amides is 3. The van der Waals surface area contributed by atoms with Gasteiger partial charge >= 0.3 is 5.97 Å². The Bertz CT molecular complexity index is 875. The van der Waals surface area contributed by atoms with Crippen LogP contribution in [0, 0.1) is 5.92 Å². The van der Waals surface area contributed by atoms with Gasteiger partial charge in [0.15, 0.2) is 6.04 Å². The number of aliphatic carboxylic acids is 1. The first-order chi connectivity index (χ1) is 16.3. The summed E-state index contributed by atoms with van der Waals surface area (Å²) in [5.74, 6) is -4.17. The Morgan fingerprint density at radius 1 is 0.857 bits per heavy atom. The average Bonchev–Trinajstić information content (AvgIpc) is 2.79. The van der Waals surface area contributed by atoms with Crippen molar-refractivity contribution in [2.45, 2.75) is 76.9 Å². The second kappa shape index (κ2) is 13.6. The highest BCUT2D eigenvalue weighted by atomic mass is 16.4. The van der Waals surface area contributed by atoms with E-state index in [0.29, 0.717) is 12.0 Å². The van der Waals surface area contributed by atoms with E-state index in [2.05, 4.69) is 16.0 Å². The van der Waals surface area contributed by atoms with Crippen molar-refractivity contribution < 1.29 is 39.6 Å². The Balaban J connectivity index is 3.20. The predicted molar refractivity (Wildman–Crippen MR) is 126 cm³/mol. The number of rotatable bonds is 13. The van der Waals surface area contributed by atoms with E-state index in [9.17, 15) is 39.6 Å². The fraction of sp³-hybridized carbons (Fsp3) is 0.565. The number of phenols is 1. The number of benzene rings is 1. The van der Waals surface area contributed by atoms with Crippen molar-refractivity contribution in [1.29, 1.82) is 0 Å². The maximum absolute atomic E-state index is 13.2. The van der Waals surface area contributed by atoms with Crippen LogP contribution in [-0.4, -0.2) is 80.5 Å². The molecule has 1 rings (SSSR count). The number of aliphatic hydroxyl groups excluding tert-OH is 2. The van der Waals surface area contributed by atoms with Crippen LogP contribution in [0.4, 0.5) is 0 Å². The van der Waals surface area contributed by atoms with Gasteiger partial charge in [0, 0.05) is 6.42 Å². The van der Waals surface area contributed by atoms with Gasteiger partial charge in [-0.1, -0.05) is 32.4 Å². The van der Waals surface area contributed by atoms with Crippen molar-refractivity contribution in [3.8, 4) is 5.75 Å². The SMILES string of the molecule is CCC(C)C(NC(=O)C(N)C(C)O)C(=O)NC(Cc1ccc(O)cc1)C(=O)NC(C(=O)O)C(C)O. The maximum atomic E-state index is 13.2. The van der Waals surface area contributed by atoms with Crippen molar-refractivity contribution in [3.63, 3.8) is 0 Å². The van der Waals surface area contributed by atoms with Crippen LogP contribution in [0.15, 0.2) is 24.3 Å². The molecule has 3 amide bonds. The van der Waals surface area contributed by atoms with Crippen molar-refractivity contribution >= 4 is 23.7 Å². The molecule has 0 heterocycles. The molecule has 0 radical (unpaired) electrons. The van der Waals surface area contributed by atoms with E-state index in [1.807, 2.05) is 0 Å². The van der Waals surface area contributed by atoms with E-state index in [0.717, 1.165) is 0 Å². The van der Waals surface area contributed by atoms with E-state index in [1.165, 1.54) is 38.1 Å². The summed E-state index contributed by atoms with van der Waals surface area (Å²) in [4.78, 5) is 49.9. The lowest BCUT2D eigenvalue weighted by molar-refractivity contribution is -0.145. The van der Waals surface area contributed by atoms with Crippen LogP contribution >= 0.6 is 0 Å². The zero-order chi connectivity index (χ0) is 26.9. The normalized spacial score (nSPS) is 17.1. The predicted octanol–water partition coefficient (Wildman–Crippen LogP) is -1.39. The molecule has 12 heteroatoms. The third-order valence-corrected chi connectivity index (χ3v) is 5.67. The van der Waals surface area contributed by atoms with E-state index in [-0.39, 0.29) is 18.1 Å². The van der Waals surface area contributed by atoms with Gasteiger partial charge in [0.05, 0.1) is 12.2 Å². The van der Waals surface area contributed by atoms with Crippen LogP contribution in [0.3, 0.4) is 0 Å². The van der Waals surface area contributed by atoms with Gasteiger partial charge in [0.25, 0.3) is 0 Å². The summed E-state index contributed by atoms with van der Waals surface area (Å²) in [5, 5.41) is 45.4. The van der Waals surface area contributed by atoms with Crippen molar-refractivity contribution in [1.82, 2.24) is 16.0 Å². The van der Waals surface area contributed by atoms with Gasteiger partial charge in [-0.05, 0) is 37.5 Å². The first-order valence-electron chi connectivity index (χ1n) is 11.3. The highest BCUT2D eigenvalue weighted by Crippen LogP contribution is 2.13. The molecular formula is C23H36N4O8. The topological polar surface area (TPSA) is 211 Å². The third kappa shape index (κ3) is 9.15. The van der Waals surface area contributed by atoms with Crippen molar-refractivity contribution in [2.24, 2.45) is 11.7 Å². The number of hydrogen-bond donors (Lipinski definition) is 8. The molecule has 35 heavy (non-hydrogen) atoms. The lowest BCUT2D eigenvalue weighted by atomic mass is 9.96. The Labute approximate surface area is 203 Å². The molecule has 0 saturated heterocycles. The fourth-order valence-electron chi connectivity index (χ4n) is 3.15. The molecule has 0 aliphatic heterocycles. The van der Waals surface area contributed by atoms with Crippen LogP contribution in [0.1, 0.15) is 39.7 Å². The number of carboxylic acid groups (broad SMARTS) is 1. The molecule has 0 fully saturated rings. The first kappa shape index (κ1) is 29.8. The molecule has 9 N–H and O–H groups in total. The summed E-state index contributed by atoms with van der Waals surface area (Å²) < 4.78 is 0. The summed E-state index contributed by atoms with van der Waals surface area (Å²) in [6, 6.07) is 0.578. The average molecular weight is 497 g/mol. The van der Waals surface area contributed by atoms with Gasteiger partial charge in [-0.15, -0.1) is 0 Å². The summed E-state index contributed by atoms with van der Waals surface area (Å²) in [5.41, 5.74) is 6.22. The van der Waals surface area contributed by atoms with Gasteiger partial charge in [0.2, 0.25) is 17.7 Å². The van der Waals surface area contributed by atoms with E-state index < -0.39 is 60.1 Å². The van der Waals surface area contributed by atoms with Gasteiger partial charge in [0.1, 0.15) is 23.9 Å². The van der Waals surface area contributed by atoms with Crippen LogP contribution in [0.25, 0.3) is 0 Å². The number of carboxylic acids is 1. The van der Waals surface area contributed by atoms with Crippen molar-refractivity contribution in [3.05, 3.63) is 29.8 Å². The minimum atomic E-state index is -1.61. The molecule has 0 aliphatic rings. The zero-order valence-electron chi connectivity index (χ0n) is 20.3. The Hall–Kier alpha value is -3.22. The molecule has 196 valence electrons. The lowest BCUT2D eigenvalue weighted by Gasteiger charge is -2.28. The second-order valence-electron chi connectivity index (χ2n) is 8.64. The second-order valence-corrected chi connectivity index (χ2v) is 8.64. The molecule has 0 saturated carbocycles. The van der Waals surface area contributed by atoms with E-state index in [1.54, 1.807) is 13.8 Å². The highest BCUT2D eigenvalue weighted by molar-refractivity contribution is 5.94. The number of carbonyl (C=O) groups excluding carboxylic acids is 3. The molecule has 7 atom stereocenters. The molecule has 7 unspecified atom stereocenters. The monoisotopic (exact) mass is 496 g/mol. The number of carbonyl (C=O) groups is 4. The molecular weight excluding hydrogens is 460 g/mol. The van der Waals surface area contributed by atoms with E-state index in [4.69, 9.17) is 5.73 Å². The number of phenolic OH excluding ortho intramolecular Hbond substituents is 1. The smallest absolute Gasteiger partial charge is 0.328 e. The maximum Gasteiger partial charge on any atom is 0.328 e. The zero-order valence-corrected chi connectivity index (χ0v) is 20.3. The standard InChI is InChI=1S/C23H36N4O8/c1-5-11(2)18(26-21(32)17(24)12(3)28)22(33)25-16(10-14-6-8-15(30)9-7-14)20(31)27-19(13(4)29)23(34)35/h6-9,11-13,16-19,28-30H,5,10,24H2,1-4H3,(H,25,33)(H,26,32)(H,27,31)(H,34,35). The minimum Gasteiger partial charge on any atom is -0.508 e. The molecule has 12 nitrogen and oxygen atoms in total. The van der Waals surface area contributed by atoms with Gasteiger partial charge in [-0.2, -0.15) is 0 Å². The number of aromatic hydroxyl groups is 1. The Morgan fingerprint density at radius 3 is 1.86 bits per heavy atom. The van der Waals surface area contributed by atoms with Gasteiger partial charge in [-0.3, -0.25) is 14.4 Å². The lowest BCUT2D eigenvalue weighted by Crippen LogP contribution is -2.60. The van der Waals surface area contributed by atoms with Gasteiger partial charge in [-0.25, -0.2) is 4.79 Å².